The van der Waals surface area contributed by atoms with Crippen LogP contribution in [0.2, 0.25) is 0 Å². The molecule has 0 spiro atoms. The second-order valence-corrected chi connectivity index (χ2v) is 5.82. The van der Waals surface area contributed by atoms with Crippen LogP contribution in [-0.4, -0.2) is 17.5 Å². The number of hydrogen-bond donors (Lipinski definition) is 1. The Balaban J connectivity index is 2.11. The Morgan fingerprint density at radius 1 is 1.38 bits per heavy atom. The maximum atomic E-state index is 14.2. The van der Waals surface area contributed by atoms with Gasteiger partial charge in [0.2, 0.25) is 5.82 Å². The van der Waals surface area contributed by atoms with Gasteiger partial charge in [-0.15, -0.1) is 0 Å². The summed E-state index contributed by atoms with van der Waals surface area (Å²) in [6, 6.07) is 4.88. The first-order valence-electron chi connectivity index (χ1n) is 7.78. The SMILES string of the molecule is CCCNC1CCCCC1Cc1cccc([N+](=O)[O-])c1F. The highest BCUT2D eigenvalue weighted by molar-refractivity contribution is 5.37. The first kappa shape index (κ1) is 15.9. The fourth-order valence-electron chi connectivity index (χ4n) is 3.20. The monoisotopic (exact) mass is 294 g/mol. The van der Waals surface area contributed by atoms with Crippen LogP contribution in [0, 0.1) is 21.8 Å². The summed E-state index contributed by atoms with van der Waals surface area (Å²) in [5, 5.41) is 14.4. The number of halogens is 1. The quantitative estimate of drug-likeness (QED) is 0.640. The molecule has 2 rings (SSSR count). The number of hydrogen-bond acceptors (Lipinski definition) is 3. The molecule has 2 atom stereocenters. The number of nitro benzene ring substituents is 1. The zero-order valence-electron chi connectivity index (χ0n) is 12.5. The predicted octanol–water partition coefficient (Wildman–Crippen LogP) is 3.83. The molecule has 0 aromatic heterocycles. The molecular formula is C16H23FN2O2. The third-order valence-corrected chi connectivity index (χ3v) is 4.30. The van der Waals surface area contributed by atoms with Gasteiger partial charge in [0.1, 0.15) is 0 Å². The largest absolute Gasteiger partial charge is 0.314 e. The molecule has 0 bridgehead atoms. The van der Waals surface area contributed by atoms with E-state index in [4.69, 9.17) is 0 Å². The zero-order valence-corrected chi connectivity index (χ0v) is 12.5. The van der Waals surface area contributed by atoms with Crippen molar-refractivity contribution in [2.45, 2.75) is 51.5 Å². The van der Waals surface area contributed by atoms with Crippen molar-refractivity contribution < 1.29 is 9.31 Å². The van der Waals surface area contributed by atoms with Gasteiger partial charge in [0.15, 0.2) is 0 Å². The van der Waals surface area contributed by atoms with Crippen LogP contribution in [-0.2, 0) is 6.42 Å². The summed E-state index contributed by atoms with van der Waals surface area (Å²) < 4.78 is 14.2. The van der Waals surface area contributed by atoms with E-state index in [0.717, 1.165) is 32.2 Å². The van der Waals surface area contributed by atoms with Gasteiger partial charge in [-0.3, -0.25) is 10.1 Å². The average Bonchev–Trinajstić information content (AvgIpc) is 2.48. The molecule has 1 aromatic carbocycles. The summed E-state index contributed by atoms with van der Waals surface area (Å²) in [6.45, 7) is 3.10. The normalized spacial score (nSPS) is 22.2. The van der Waals surface area contributed by atoms with Gasteiger partial charge in [0.25, 0.3) is 0 Å². The Morgan fingerprint density at radius 3 is 2.86 bits per heavy atom. The Morgan fingerprint density at radius 2 is 2.14 bits per heavy atom. The van der Waals surface area contributed by atoms with Gasteiger partial charge in [0.05, 0.1) is 4.92 Å². The molecule has 0 aliphatic heterocycles. The zero-order chi connectivity index (χ0) is 15.2. The molecule has 1 aromatic rings. The third-order valence-electron chi connectivity index (χ3n) is 4.30. The highest BCUT2D eigenvalue weighted by Crippen LogP contribution is 2.30. The molecular weight excluding hydrogens is 271 g/mol. The second kappa shape index (κ2) is 7.50. The van der Waals surface area contributed by atoms with Crippen molar-refractivity contribution in [1.29, 1.82) is 0 Å². The van der Waals surface area contributed by atoms with Crippen LogP contribution >= 0.6 is 0 Å². The van der Waals surface area contributed by atoms with Crippen LogP contribution in [0.25, 0.3) is 0 Å². The van der Waals surface area contributed by atoms with E-state index in [2.05, 4.69) is 12.2 Å². The Bertz CT molecular complexity index is 493. The van der Waals surface area contributed by atoms with E-state index in [0.29, 0.717) is 23.9 Å². The molecule has 1 N–H and O–H groups in total. The van der Waals surface area contributed by atoms with Gasteiger partial charge in [-0.1, -0.05) is 31.9 Å². The molecule has 5 heteroatoms. The molecule has 2 unspecified atom stereocenters. The average molecular weight is 294 g/mol. The maximum Gasteiger partial charge on any atom is 0.305 e. The maximum absolute atomic E-state index is 14.2. The lowest BCUT2D eigenvalue weighted by Crippen LogP contribution is -2.40. The van der Waals surface area contributed by atoms with E-state index in [-0.39, 0.29) is 0 Å². The van der Waals surface area contributed by atoms with Crippen molar-refractivity contribution in [3.63, 3.8) is 0 Å². The van der Waals surface area contributed by atoms with Crippen molar-refractivity contribution in [3.05, 3.63) is 39.7 Å². The van der Waals surface area contributed by atoms with Crippen LogP contribution < -0.4 is 5.32 Å². The summed E-state index contributed by atoms with van der Waals surface area (Å²) in [5.74, 6) is -0.302. The molecule has 0 heterocycles. The van der Waals surface area contributed by atoms with Crippen molar-refractivity contribution >= 4 is 5.69 Å². The summed E-state index contributed by atoms with van der Waals surface area (Å²) in [4.78, 5) is 10.2. The van der Waals surface area contributed by atoms with Crippen LogP contribution in [0.4, 0.5) is 10.1 Å². The molecule has 0 amide bonds. The van der Waals surface area contributed by atoms with E-state index in [1.165, 1.54) is 12.5 Å². The number of nitro groups is 1. The molecule has 21 heavy (non-hydrogen) atoms. The number of benzene rings is 1. The summed E-state index contributed by atoms with van der Waals surface area (Å²) in [6.07, 6.45) is 6.19. The van der Waals surface area contributed by atoms with Gasteiger partial charge >= 0.3 is 5.69 Å². The first-order valence-corrected chi connectivity index (χ1v) is 7.78. The number of nitrogens with zero attached hydrogens (tertiary/aromatic N) is 1. The van der Waals surface area contributed by atoms with Crippen LogP contribution in [0.1, 0.15) is 44.6 Å². The van der Waals surface area contributed by atoms with Crippen LogP contribution in [0.3, 0.4) is 0 Å². The van der Waals surface area contributed by atoms with Crippen LogP contribution in [0.15, 0.2) is 18.2 Å². The minimum atomic E-state index is -0.665. The van der Waals surface area contributed by atoms with E-state index >= 15 is 0 Å². The van der Waals surface area contributed by atoms with Crippen molar-refractivity contribution in [3.8, 4) is 0 Å². The highest BCUT2D eigenvalue weighted by atomic mass is 19.1. The van der Waals surface area contributed by atoms with Gasteiger partial charge in [0, 0.05) is 12.1 Å². The van der Waals surface area contributed by atoms with E-state index in [1.807, 2.05) is 0 Å². The fourth-order valence-corrected chi connectivity index (χ4v) is 3.20. The van der Waals surface area contributed by atoms with E-state index < -0.39 is 16.4 Å². The van der Waals surface area contributed by atoms with Gasteiger partial charge in [-0.25, -0.2) is 0 Å². The van der Waals surface area contributed by atoms with Gasteiger partial charge in [-0.2, -0.15) is 4.39 Å². The van der Waals surface area contributed by atoms with E-state index in [9.17, 15) is 14.5 Å². The van der Waals surface area contributed by atoms with Gasteiger partial charge in [-0.05, 0) is 43.7 Å². The summed E-state index contributed by atoms with van der Waals surface area (Å²) in [7, 11) is 0. The lowest BCUT2D eigenvalue weighted by atomic mass is 9.80. The van der Waals surface area contributed by atoms with Crippen LogP contribution in [0.5, 0.6) is 0 Å². The molecule has 4 nitrogen and oxygen atoms in total. The minimum absolute atomic E-state index is 0.363. The second-order valence-electron chi connectivity index (χ2n) is 5.82. The smallest absolute Gasteiger partial charge is 0.305 e. The standard InChI is InChI=1S/C16H23FN2O2/c1-2-10-18-14-8-4-3-6-12(14)11-13-7-5-9-15(16(13)17)19(20)21/h5,7,9,12,14,18H,2-4,6,8,10-11H2,1H3. The van der Waals surface area contributed by atoms with Crippen molar-refractivity contribution in [1.82, 2.24) is 5.32 Å². The lowest BCUT2D eigenvalue weighted by Gasteiger charge is -2.32. The van der Waals surface area contributed by atoms with Crippen molar-refractivity contribution in [2.24, 2.45) is 5.92 Å². The molecule has 1 aliphatic carbocycles. The first-order chi connectivity index (χ1) is 10.1. The molecule has 116 valence electrons. The minimum Gasteiger partial charge on any atom is -0.314 e. The number of nitrogens with one attached hydrogen (secondary N) is 1. The molecule has 0 saturated heterocycles. The molecule has 1 fully saturated rings. The molecule has 1 saturated carbocycles. The van der Waals surface area contributed by atoms with Crippen molar-refractivity contribution in [2.75, 3.05) is 6.54 Å². The Hall–Kier alpha value is -1.49. The lowest BCUT2D eigenvalue weighted by molar-refractivity contribution is -0.387. The topological polar surface area (TPSA) is 55.2 Å². The summed E-state index contributed by atoms with van der Waals surface area (Å²) >= 11 is 0. The fraction of sp³-hybridized carbons (Fsp3) is 0.625. The summed E-state index contributed by atoms with van der Waals surface area (Å²) in [5.41, 5.74) is 0.0563. The Kier molecular flexibility index (Phi) is 5.67. The third kappa shape index (κ3) is 4.00. The van der Waals surface area contributed by atoms with E-state index in [1.54, 1.807) is 12.1 Å². The van der Waals surface area contributed by atoms with Gasteiger partial charge < -0.3 is 5.32 Å². The number of rotatable bonds is 6. The molecule has 0 radical (unpaired) electrons. The predicted molar refractivity (Wildman–Crippen MR) is 80.8 cm³/mol. The highest BCUT2D eigenvalue weighted by Gasteiger charge is 2.27. The molecule has 1 aliphatic rings. The Labute approximate surface area is 124 Å².